The minimum absolute atomic E-state index is 0.356. The van der Waals surface area contributed by atoms with Gasteiger partial charge in [0.15, 0.2) is 28.8 Å². The Bertz CT molecular complexity index is 4480. The fourth-order valence-corrected chi connectivity index (χ4v) is 10.7. The number of aryl methyl sites for hydroxylation is 2. The van der Waals surface area contributed by atoms with Gasteiger partial charge < -0.3 is 31.6 Å². The lowest BCUT2D eigenvalue weighted by atomic mass is 9.95. The molecule has 15 rings (SSSR count). The van der Waals surface area contributed by atoms with Crippen LogP contribution in [0.3, 0.4) is 0 Å². The molecule has 1 aliphatic rings. The molecule has 0 saturated carbocycles. The van der Waals surface area contributed by atoms with Crippen LogP contribution in [0.4, 0.5) is 0 Å². The Morgan fingerprint density at radius 1 is 0.432 bits per heavy atom. The highest BCUT2D eigenvalue weighted by Crippen LogP contribution is 2.46. The second-order valence-corrected chi connectivity index (χ2v) is 18.6. The van der Waals surface area contributed by atoms with Gasteiger partial charge in [-0.25, -0.2) is 9.97 Å². The SMILES string of the molecule is Cc1ccc(-c2nccn2-c2cccc3c2Cc2c(-c4cccc(Oc5cc6cc7oc(Oc8cccc(-c9cccc%10c9oc9c(-n%11ccnc%11-c%11ccc(C)o%11)cccc9%10)c8)cc7cc6o5)c4)cccc2-3)o1. The van der Waals surface area contributed by atoms with Gasteiger partial charge in [-0.15, -0.1) is 0 Å². The summed E-state index contributed by atoms with van der Waals surface area (Å²) in [5, 5.41) is 3.68. The predicted octanol–water partition coefficient (Wildman–Crippen LogP) is 17.1. The predicted molar refractivity (Wildman–Crippen MR) is 285 cm³/mol. The number of aromatic nitrogens is 4. The molecule has 0 fully saturated rings. The van der Waals surface area contributed by atoms with Gasteiger partial charge in [0.2, 0.25) is 0 Å². The second-order valence-electron chi connectivity index (χ2n) is 18.6. The molecule has 74 heavy (non-hydrogen) atoms. The number of nitrogens with zero attached hydrogens (tertiary/aromatic N) is 4. The van der Waals surface area contributed by atoms with Gasteiger partial charge in [-0.3, -0.25) is 9.13 Å². The highest BCUT2D eigenvalue weighted by Gasteiger charge is 2.27. The smallest absolute Gasteiger partial charge is 0.291 e. The Balaban J connectivity index is 0.677. The van der Waals surface area contributed by atoms with Crippen molar-refractivity contribution >= 4 is 43.9 Å². The molecule has 0 radical (unpaired) electrons. The quantitative estimate of drug-likeness (QED) is 0.132. The van der Waals surface area contributed by atoms with Crippen molar-refractivity contribution in [1.29, 1.82) is 0 Å². The van der Waals surface area contributed by atoms with Gasteiger partial charge in [0, 0.05) is 70.4 Å². The van der Waals surface area contributed by atoms with Crippen molar-refractivity contribution in [3.8, 4) is 91.3 Å². The maximum absolute atomic E-state index is 6.77. The molecule has 1 aliphatic carbocycles. The molecule has 354 valence electrons. The summed E-state index contributed by atoms with van der Waals surface area (Å²) in [4.78, 5) is 9.29. The van der Waals surface area contributed by atoms with Gasteiger partial charge >= 0.3 is 0 Å². The van der Waals surface area contributed by atoms with Gasteiger partial charge in [0.1, 0.15) is 39.8 Å². The standard InChI is InChI=1S/C63H40N4O7/c1-36-21-23-54(68-36)62-64-25-27-66(62)52-19-7-16-47-46-15-5-13-44(50(46)35-51(47)52)38-9-3-11-42(29-38)70-58-33-40-31-57-41(32-56(40)72-58)34-59(73-57)71-43-12-4-10-39(30-43)45-14-6-17-48-49-18-8-20-53(61(49)74-60(45)48)67-28-26-65-63(67)55-24-22-37(2)69-55/h3-34H,35H2,1-2H3. The third-order valence-corrected chi connectivity index (χ3v) is 14.0. The van der Waals surface area contributed by atoms with Crippen molar-refractivity contribution in [2.75, 3.05) is 0 Å². The average molecular weight is 965 g/mol. The molecule has 7 aromatic carbocycles. The number of ether oxygens (including phenoxy) is 2. The third kappa shape index (κ3) is 6.81. The molecule has 0 bridgehead atoms. The van der Waals surface area contributed by atoms with Crippen molar-refractivity contribution in [3.05, 3.63) is 217 Å². The van der Waals surface area contributed by atoms with Crippen molar-refractivity contribution in [2.24, 2.45) is 0 Å². The lowest BCUT2D eigenvalue weighted by molar-refractivity contribution is 0.360. The largest absolute Gasteiger partial charge is 0.458 e. The lowest BCUT2D eigenvalue weighted by Crippen LogP contribution is -2.00. The van der Waals surface area contributed by atoms with Gasteiger partial charge in [-0.2, -0.15) is 0 Å². The Morgan fingerprint density at radius 2 is 0.946 bits per heavy atom. The summed E-state index contributed by atoms with van der Waals surface area (Å²) in [7, 11) is 0. The molecule has 14 aromatic rings. The first-order chi connectivity index (χ1) is 36.4. The van der Waals surface area contributed by atoms with Gasteiger partial charge in [-0.1, -0.05) is 84.9 Å². The van der Waals surface area contributed by atoms with Crippen molar-refractivity contribution in [2.45, 2.75) is 20.3 Å². The molecule has 7 heterocycles. The fourth-order valence-electron chi connectivity index (χ4n) is 10.7. The molecular weight excluding hydrogens is 925 g/mol. The molecule has 0 N–H and O–H groups in total. The summed E-state index contributed by atoms with van der Waals surface area (Å²) >= 11 is 0. The molecule has 0 spiro atoms. The van der Waals surface area contributed by atoms with E-state index in [0.717, 1.165) is 95.9 Å². The van der Waals surface area contributed by atoms with Crippen molar-refractivity contribution in [1.82, 2.24) is 19.1 Å². The van der Waals surface area contributed by atoms with Crippen LogP contribution in [-0.2, 0) is 6.42 Å². The summed E-state index contributed by atoms with van der Waals surface area (Å²) in [6, 6.07) is 56.9. The number of furan rings is 5. The number of hydrogen-bond donors (Lipinski definition) is 0. The van der Waals surface area contributed by atoms with Gasteiger partial charge in [0.25, 0.3) is 11.9 Å². The highest BCUT2D eigenvalue weighted by atomic mass is 16.6. The molecule has 11 nitrogen and oxygen atoms in total. The number of imidazole rings is 2. The summed E-state index contributed by atoms with van der Waals surface area (Å²) in [5.41, 5.74) is 13.8. The van der Waals surface area contributed by atoms with Crippen LogP contribution >= 0.6 is 0 Å². The van der Waals surface area contributed by atoms with E-state index in [2.05, 4.69) is 93.4 Å². The maximum Gasteiger partial charge on any atom is 0.291 e. The van der Waals surface area contributed by atoms with Crippen LogP contribution in [-0.4, -0.2) is 19.1 Å². The van der Waals surface area contributed by atoms with Crippen molar-refractivity contribution in [3.63, 3.8) is 0 Å². The van der Waals surface area contributed by atoms with Crippen molar-refractivity contribution < 1.29 is 31.6 Å². The van der Waals surface area contributed by atoms with Gasteiger partial charge in [0.05, 0.1) is 11.4 Å². The van der Waals surface area contributed by atoms with E-state index in [1.54, 1.807) is 6.20 Å². The highest BCUT2D eigenvalue weighted by molar-refractivity contribution is 6.11. The third-order valence-electron chi connectivity index (χ3n) is 14.0. The number of benzene rings is 7. The zero-order chi connectivity index (χ0) is 49.0. The minimum atomic E-state index is 0.356. The van der Waals surface area contributed by atoms with Crippen LogP contribution in [0.15, 0.2) is 217 Å². The molecule has 0 atom stereocenters. The van der Waals surface area contributed by atoms with Gasteiger partial charge in [-0.05, 0) is 126 Å². The number of para-hydroxylation sites is 2. The average Bonchev–Trinajstić information content (AvgIpc) is 4.29. The molecule has 0 saturated heterocycles. The van der Waals surface area contributed by atoms with E-state index in [4.69, 9.17) is 31.6 Å². The first-order valence-corrected chi connectivity index (χ1v) is 24.4. The number of rotatable bonds is 10. The van der Waals surface area contributed by atoms with E-state index < -0.39 is 0 Å². The number of fused-ring (bicyclic) bond motifs is 8. The Morgan fingerprint density at radius 3 is 1.58 bits per heavy atom. The van der Waals surface area contributed by atoms with Crippen LogP contribution in [0, 0.1) is 13.8 Å². The molecule has 7 aromatic heterocycles. The maximum atomic E-state index is 6.77. The summed E-state index contributed by atoms with van der Waals surface area (Å²) in [6.07, 6.45) is 8.29. The minimum Gasteiger partial charge on any atom is -0.458 e. The van der Waals surface area contributed by atoms with Crippen LogP contribution in [0.2, 0.25) is 0 Å². The van der Waals surface area contributed by atoms with E-state index in [0.29, 0.717) is 46.1 Å². The van der Waals surface area contributed by atoms with E-state index in [1.807, 2.05) is 128 Å². The summed E-state index contributed by atoms with van der Waals surface area (Å²) < 4.78 is 48.2. The summed E-state index contributed by atoms with van der Waals surface area (Å²) in [5.74, 6) is 6.59. The molecule has 0 unspecified atom stereocenters. The molecular formula is C63H40N4O7. The normalized spacial score (nSPS) is 12.1. The Hall–Kier alpha value is -10.0. The van der Waals surface area contributed by atoms with Crippen LogP contribution in [0.5, 0.6) is 23.4 Å². The van der Waals surface area contributed by atoms with E-state index in [-0.39, 0.29) is 0 Å². The number of hydrogen-bond acceptors (Lipinski definition) is 9. The Labute approximate surface area is 421 Å². The van der Waals surface area contributed by atoms with Crippen LogP contribution < -0.4 is 9.47 Å². The fraction of sp³-hybridized carbons (Fsp3) is 0.0476. The first kappa shape index (κ1) is 41.8. The molecule has 0 aliphatic heterocycles. The summed E-state index contributed by atoms with van der Waals surface area (Å²) in [6.45, 7) is 3.87. The van der Waals surface area contributed by atoms with E-state index >= 15 is 0 Å². The van der Waals surface area contributed by atoms with Crippen LogP contribution in [0.25, 0.3) is 112 Å². The topological polar surface area (TPSA) is 120 Å². The zero-order valence-corrected chi connectivity index (χ0v) is 39.8. The molecule has 0 amide bonds. The monoisotopic (exact) mass is 964 g/mol. The van der Waals surface area contributed by atoms with E-state index in [9.17, 15) is 0 Å². The molecule has 11 heteroatoms. The lowest BCUT2D eigenvalue weighted by Gasteiger charge is -2.12. The first-order valence-electron chi connectivity index (χ1n) is 24.4. The zero-order valence-electron chi connectivity index (χ0n) is 39.8. The Kier molecular flexibility index (Phi) is 9.18. The second kappa shape index (κ2) is 16.3. The van der Waals surface area contributed by atoms with Crippen LogP contribution in [0.1, 0.15) is 22.6 Å². The van der Waals surface area contributed by atoms with E-state index in [1.165, 1.54) is 22.3 Å².